The first-order chi connectivity index (χ1) is 15.1. The molecule has 7 nitrogen and oxygen atoms in total. The van der Waals surface area contributed by atoms with Gasteiger partial charge in [0.25, 0.3) is 0 Å². The summed E-state index contributed by atoms with van der Waals surface area (Å²) in [5.41, 5.74) is 0.946. The first-order valence-electron chi connectivity index (χ1n) is 11.0. The van der Waals surface area contributed by atoms with E-state index in [-0.39, 0.29) is 11.9 Å². The molecule has 1 N–H and O–H groups in total. The van der Waals surface area contributed by atoms with Crippen LogP contribution in [0.2, 0.25) is 5.02 Å². The molecule has 0 radical (unpaired) electrons. The predicted molar refractivity (Wildman–Crippen MR) is 123 cm³/mol. The minimum Gasteiger partial charge on any atom is -0.379 e. The van der Waals surface area contributed by atoms with Crippen molar-refractivity contribution in [2.45, 2.75) is 50.4 Å². The van der Waals surface area contributed by atoms with Crippen LogP contribution < -0.4 is 5.32 Å². The summed E-state index contributed by atoms with van der Waals surface area (Å²) in [6.45, 7) is 6.13. The number of morpholine rings is 1. The molecule has 168 valence electrons. The highest BCUT2D eigenvalue weighted by Crippen LogP contribution is 2.26. The topological polar surface area (TPSA) is 72.3 Å². The van der Waals surface area contributed by atoms with Crippen molar-refractivity contribution in [3.05, 3.63) is 35.1 Å². The molecule has 2 aliphatic rings. The van der Waals surface area contributed by atoms with Crippen molar-refractivity contribution in [1.29, 1.82) is 0 Å². The molecule has 31 heavy (non-hydrogen) atoms. The molecule has 1 aromatic carbocycles. The molecule has 1 saturated heterocycles. The molecule has 0 unspecified atom stereocenters. The zero-order valence-electron chi connectivity index (χ0n) is 17.9. The zero-order valence-corrected chi connectivity index (χ0v) is 19.5. The maximum atomic E-state index is 12.6. The minimum absolute atomic E-state index is 0.0594. The Morgan fingerprint density at radius 1 is 1.19 bits per heavy atom. The Hall–Kier alpha value is -1.61. The maximum Gasteiger partial charge on any atom is 0.230 e. The number of nitrogens with zero attached hydrogens (tertiary/aromatic N) is 4. The quantitative estimate of drug-likeness (QED) is 0.633. The van der Waals surface area contributed by atoms with E-state index in [1.54, 1.807) is 0 Å². The predicted octanol–water partition coefficient (Wildman–Crippen LogP) is 3.54. The lowest BCUT2D eigenvalue weighted by Crippen LogP contribution is -2.41. The number of aromatic nitrogens is 3. The third kappa shape index (κ3) is 6.00. The summed E-state index contributed by atoms with van der Waals surface area (Å²) in [4.78, 5) is 14.9. The van der Waals surface area contributed by atoms with Crippen LogP contribution in [-0.2, 0) is 16.1 Å². The lowest BCUT2D eigenvalue weighted by Gasteiger charge is -2.29. The van der Waals surface area contributed by atoms with Crippen LogP contribution in [-0.4, -0.2) is 63.7 Å². The van der Waals surface area contributed by atoms with Gasteiger partial charge < -0.3 is 10.1 Å². The molecule has 1 aromatic heterocycles. The Bertz CT molecular complexity index is 869. The second kappa shape index (κ2) is 10.8. The second-order valence-corrected chi connectivity index (χ2v) is 9.70. The Morgan fingerprint density at radius 3 is 2.68 bits per heavy atom. The van der Waals surface area contributed by atoms with Crippen LogP contribution in [0.4, 0.5) is 0 Å². The van der Waals surface area contributed by atoms with Gasteiger partial charge in [-0.3, -0.25) is 14.3 Å². The van der Waals surface area contributed by atoms with Gasteiger partial charge in [-0.15, -0.1) is 10.2 Å². The van der Waals surface area contributed by atoms with E-state index in [0.717, 1.165) is 49.4 Å². The van der Waals surface area contributed by atoms with E-state index in [1.807, 2.05) is 28.8 Å². The Balaban J connectivity index is 1.47. The number of carbonyl (C=O) groups excluding carboxylic acids is 1. The largest absolute Gasteiger partial charge is 0.379 e. The molecule has 1 aliphatic carbocycles. The summed E-state index contributed by atoms with van der Waals surface area (Å²) in [6.07, 6.45) is 4.72. The number of halogens is 1. The Labute approximate surface area is 192 Å². The van der Waals surface area contributed by atoms with E-state index in [2.05, 4.69) is 27.3 Å². The fraction of sp³-hybridized carbons (Fsp3) is 0.591. The second-order valence-electron chi connectivity index (χ2n) is 8.32. The number of ether oxygens (including phenoxy) is 1. The molecule has 4 rings (SSSR count). The number of hydrogen-bond acceptors (Lipinski definition) is 6. The van der Waals surface area contributed by atoms with Gasteiger partial charge in [-0.1, -0.05) is 43.1 Å². The van der Waals surface area contributed by atoms with Crippen LogP contribution in [0.1, 0.15) is 38.4 Å². The van der Waals surface area contributed by atoms with Crippen LogP contribution in [0, 0.1) is 5.92 Å². The standard InChI is InChI=1S/C22H30ClN5O2S/c1-16-4-2-3-5-19(16)24-21(29)15-31-22-26-25-20(14-27-10-12-30-13-11-27)28(22)18-8-6-17(23)7-9-18/h6-9,16,19H,2-5,10-15H2,1H3,(H,24,29)/t16-,19-/m0/s1. The van der Waals surface area contributed by atoms with Crippen LogP contribution in [0.3, 0.4) is 0 Å². The minimum atomic E-state index is 0.0594. The first kappa shape index (κ1) is 22.6. The number of hydrogen-bond donors (Lipinski definition) is 1. The fourth-order valence-electron chi connectivity index (χ4n) is 4.21. The summed E-state index contributed by atoms with van der Waals surface area (Å²) in [6, 6.07) is 7.93. The molecule has 1 amide bonds. The van der Waals surface area contributed by atoms with Crippen LogP contribution in [0.15, 0.2) is 29.4 Å². The number of nitrogens with one attached hydrogen (secondary N) is 1. The van der Waals surface area contributed by atoms with Crippen LogP contribution in [0.25, 0.3) is 5.69 Å². The molecular weight excluding hydrogens is 434 g/mol. The van der Waals surface area contributed by atoms with Gasteiger partial charge in [-0.25, -0.2) is 0 Å². The summed E-state index contributed by atoms with van der Waals surface area (Å²) in [7, 11) is 0. The Morgan fingerprint density at radius 2 is 1.94 bits per heavy atom. The van der Waals surface area contributed by atoms with Crippen molar-refractivity contribution < 1.29 is 9.53 Å². The van der Waals surface area contributed by atoms with E-state index >= 15 is 0 Å². The highest BCUT2D eigenvalue weighted by Gasteiger charge is 2.24. The van der Waals surface area contributed by atoms with Gasteiger partial charge in [0.2, 0.25) is 5.91 Å². The molecule has 9 heteroatoms. The van der Waals surface area contributed by atoms with Crippen molar-refractivity contribution in [2.24, 2.45) is 5.92 Å². The zero-order chi connectivity index (χ0) is 21.6. The van der Waals surface area contributed by atoms with E-state index in [9.17, 15) is 4.79 Å². The van der Waals surface area contributed by atoms with Gasteiger partial charge >= 0.3 is 0 Å². The van der Waals surface area contributed by atoms with Crippen molar-refractivity contribution in [1.82, 2.24) is 25.0 Å². The number of amides is 1. The van der Waals surface area contributed by atoms with Gasteiger partial charge in [0, 0.05) is 29.8 Å². The molecule has 0 bridgehead atoms. The molecule has 2 heterocycles. The smallest absolute Gasteiger partial charge is 0.230 e. The number of rotatable bonds is 7. The van der Waals surface area contributed by atoms with Crippen molar-refractivity contribution >= 4 is 29.3 Å². The average molecular weight is 464 g/mol. The van der Waals surface area contributed by atoms with E-state index in [0.29, 0.717) is 23.2 Å². The summed E-state index contributed by atoms with van der Waals surface area (Å²) in [5.74, 6) is 1.78. The molecule has 0 spiro atoms. The molecular formula is C22H30ClN5O2S. The highest BCUT2D eigenvalue weighted by atomic mass is 35.5. The third-order valence-corrected chi connectivity index (χ3v) is 7.23. The SMILES string of the molecule is C[C@H]1CCCC[C@@H]1NC(=O)CSc1nnc(CN2CCOCC2)n1-c1ccc(Cl)cc1. The van der Waals surface area contributed by atoms with Crippen LogP contribution in [0.5, 0.6) is 0 Å². The van der Waals surface area contributed by atoms with E-state index in [1.165, 1.54) is 31.0 Å². The molecule has 2 aromatic rings. The maximum absolute atomic E-state index is 12.6. The van der Waals surface area contributed by atoms with Crippen molar-refractivity contribution in [2.75, 3.05) is 32.1 Å². The first-order valence-corrected chi connectivity index (χ1v) is 12.4. The third-order valence-electron chi connectivity index (χ3n) is 6.04. The summed E-state index contributed by atoms with van der Waals surface area (Å²) < 4.78 is 7.49. The molecule has 1 saturated carbocycles. The van der Waals surface area contributed by atoms with Gasteiger partial charge in [0.1, 0.15) is 0 Å². The van der Waals surface area contributed by atoms with Gasteiger partial charge in [0.05, 0.1) is 25.5 Å². The lowest BCUT2D eigenvalue weighted by atomic mass is 9.86. The average Bonchev–Trinajstić information content (AvgIpc) is 3.17. The lowest BCUT2D eigenvalue weighted by molar-refractivity contribution is -0.119. The van der Waals surface area contributed by atoms with Gasteiger partial charge in [-0.2, -0.15) is 0 Å². The Kier molecular flexibility index (Phi) is 7.87. The van der Waals surface area contributed by atoms with Crippen molar-refractivity contribution in [3.8, 4) is 5.69 Å². The highest BCUT2D eigenvalue weighted by molar-refractivity contribution is 7.99. The normalized spacial score (nSPS) is 22.4. The van der Waals surface area contributed by atoms with Gasteiger partial charge in [-0.05, 0) is 43.0 Å². The van der Waals surface area contributed by atoms with Crippen LogP contribution >= 0.6 is 23.4 Å². The number of carbonyl (C=O) groups is 1. The van der Waals surface area contributed by atoms with Gasteiger partial charge in [0.15, 0.2) is 11.0 Å². The van der Waals surface area contributed by atoms with Crippen molar-refractivity contribution in [3.63, 3.8) is 0 Å². The van der Waals surface area contributed by atoms with E-state index < -0.39 is 0 Å². The monoisotopic (exact) mass is 463 g/mol. The van der Waals surface area contributed by atoms with E-state index in [4.69, 9.17) is 16.3 Å². The number of thioether (sulfide) groups is 1. The summed E-state index contributed by atoms with van der Waals surface area (Å²) in [5, 5.41) is 13.5. The molecule has 1 aliphatic heterocycles. The number of benzene rings is 1. The molecule has 2 fully saturated rings. The fourth-order valence-corrected chi connectivity index (χ4v) is 5.12. The summed E-state index contributed by atoms with van der Waals surface area (Å²) >= 11 is 7.52. The molecule has 2 atom stereocenters.